The zero-order valence-electron chi connectivity index (χ0n) is 16.4. The molecule has 0 amide bonds. The number of benzene rings is 3. The molecule has 0 aliphatic carbocycles. The molecule has 0 spiro atoms. The number of ether oxygens (including phenoxy) is 1. The van der Waals surface area contributed by atoms with Gasteiger partial charge < -0.3 is 15.4 Å². The Labute approximate surface area is 171 Å². The maximum atomic E-state index is 6.39. The molecule has 1 heterocycles. The van der Waals surface area contributed by atoms with Gasteiger partial charge in [-0.25, -0.2) is 0 Å². The maximum absolute atomic E-state index is 6.39. The predicted molar refractivity (Wildman–Crippen MR) is 121 cm³/mol. The Balaban J connectivity index is 1.29. The van der Waals surface area contributed by atoms with Crippen LogP contribution in [0.3, 0.4) is 0 Å². The summed E-state index contributed by atoms with van der Waals surface area (Å²) in [5.74, 6) is 0.981. The molecule has 1 unspecified atom stereocenters. The standard InChI is InChI=1S/C24H28N2OS/c1-25-24-9-5-4-7-19(24)10-12-21-15-26-16-22(27-21)17-28-23-13-11-18-6-2-3-8-20(18)14-23/h2-9,11,13-14,21-22,25-26H,10,12,15-17H2,1H3/t21?,22-/m0/s1. The lowest BCUT2D eigenvalue weighted by Crippen LogP contribution is -2.45. The molecule has 3 aromatic carbocycles. The fourth-order valence-corrected chi connectivity index (χ4v) is 4.74. The van der Waals surface area contributed by atoms with Gasteiger partial charge in [-0.05, 0) is 47.4 Å². The topological polar surface area (TPSA) is 33.3 Å². The number of fused-ring (bicyclic) bond motifs is 1. The number of thioether (sulfide) groups is 1. The van der Waals surface area contributed by atoms with Crippen LogP contribution in [0.4, 0.5) is 5.69 Å². The van der Waals surface area contributed by atoms with E-state index in [1.54, 1.807) is 0 Å². The fourth-order valence-electron chi connectivity index (χ4n) is 3.79. The number of morpholine rings is 1. The first-order valence-electron chi connectivity index (χ1n) is 10.1. The van der Waals surface area contributed by atoms with E-state index in [1.807, 2.05) is 18.8 Å². The molecular formula is C24H28N2OS. The first kappa shape index (κ1) is 19.3. The number of para-hydroxylation sites is 1. The Kier molecular flexibility index (Phi) is 6.53. The first-order valence-corrected chi connectivity index (χ1v) is 11.0. The van der Waals surface area contributed by atoms with Crippen LogP contribution in [0, 0.1) is 0 Å². The highest BCUT2D eigenvalue weighted by Crippen LogP contribution is 2.26. The minimum absolute atomic E-state index is 0.259. The highest BCUT2D eigenvalue weighted by Gasteiger charge is 2.22. The quantitative estimate of drug-likeness (QED) is 0.557. The number of hydrogen-bond acceptors (Lipinski definition) is 4. The summed E-state index contributed by atoms with van der Waals surface area (Å²) in [4.78, 5) is 1.31. The molecule has 1 fully saturated rings. The van der Waals surface area contributed by atoms with Crippen molar-refractivity contribution in [3.8, 4) is 0 Å². The lowest BCUT2D eigenvalue weighted by molar-refractivity contribution is -0.0280. The number of rotatable bonds is 7. The summed E-state index contributed by atoms with van der Waals surface area (Å²) in [5.41, 5.74) is 2.58. The Morgan fingerprint density at radius 1 is 0.964 bits per heavy atom. The van der Waals surface area contributed by atoms with Gasteiger partial charge in [0.05, 0.1) is 12.2 Å². The molecule has 0 saturated carbocycles. The van der Waals surface area contributed by atoms with Crippen LogP contribution in [-0.4, -0.2) is 38.1 Å². The van der Waals surface area contributed by atoms with Crippen LogP contribution in [-0.2, 0) is 11.2 Å². The van der Waals surface area contributed by atoms with E-state index < -0.39 is 0 Å². The zero-order chi connectivity index (χ0) is 19.2. The second kappa shape index (κ2) is 9.46. The molecule has 4 rings (SSSR count). The second-order valence-electron chi connectivity index (χ2n) is 7.30. The van der Waals surface area contributed by atoms with Crippen molar-refractivity contribution in [2.24, 2.45) is 0 Å². The summed E-state index contributed by atoms with van der Waals surface area (Å²) in [7, 11) is 1.98. The van der Waals surface area contributed by atoms with Gasteiger partial charge in [0.2, 0.25) is 0 Å². The Morgan fingerprint density at radius 3 is 2.64 bits per heavy atom. The lowest BCUT2D eigenvalue weighted by Gasteiger charge is -2.31. The SMILES string of the molecule is CNc1ccccc1CCC1CNC[C@@H](CSc2ccc3ccccc3c2)O1. The molecule has 0 radical (unpaired) electrons. The molecule has 4 heteroatoms. The van der Waals surface area contributed by atoms with Gasteiger partial charge >= 0.3 is 0 Å². The number of aryl methyl sites for hydroxylation is 1. The summed E-state index contributed by atoms with van der Waals surface area (Å²) in [6, 6.07) is 23.8. The summed E-state index contributed by atoms with van der Waals surface area (Å²) in [6.07, 6.45) is 2.62. The van der Waals surface area contributed by atoms with Gasteiger partial charge in [-0.1, -0.05) is 48.5 Å². The van der Waals surface area contributed by atoms with E-state index in [0.717, 1.165) is 31.7 Å². The van der Waals surface area contributed by atoms with Crippen LogP contribution in [0.15, 0.2) is 71.6 Å². The fraction of sp³-hybridized carbons (Fsp3) is 0.333. The Hall–Kier alpha value is -2.01. The third-order valence-electron chi connectivity index (χ3n) is 5.31. The molecule has 0 bridgehead atoms. The summed E-state index contributed by atoms with van der Waals surface area (Å²) in [5, 5.41) is 9.44. The second-order valence-corrected chi connectivity index (χ2v) is 8.40. The normalized spacial score (nSPS) is 19.6. The zero-order valence-corrected chi connectivity index (χ0v) is 17.2. The molecule has 1 aliphatic heterocycles. The van der Waals surface area contributed by atoms with Gasteiger partial charge in [0.25, 0.3) is 0 Å². The van der Waals surface area contributed by atoms with Crippen molar-refractivity contribution in [2.75, 3.05) is 31.2 Å². The number of anilines is 1. The van der Waals surface area contributed by atoms with Crippen LogP contribution < -0.4 is 10.6 Å². The summed E-state index contributed by atoms with van der Waals surface area (Å²) in [6.45, 7) is 1.88. The highest BCUT2D eigenvalue weighted by atomic mass is 32.2. The summed E-state index contributed by atoms with van der Waals surface area (Å²) < 4.78 is 6.39. The highest BCUT2D eigenvalue weighted by molar-refractivity contribution is 7.99. The smallest absolute Gasteiger partial charge is 0.0797 e. The minimum Gasteiger partial charge on any atom is -0.388 e. The van der Waals surface area contributed by atoms with E-state index in [4.69, 9.17) is 4.74 Å². The molecular weight excluding hydrogens is 364 g/mol. The predicted octanol–water partition coefficient (Wildman–Crippen LogP) is 4.96. The van der Waals surface area contributed by atoms with Crippen molar-refractivity contribution in [3.63, 3.8) is 0 Å². The Morgan fingerprint density at radius 2 is 1.75 bits per heavy atom. The van der Waals surface area contributed by atoms with Crippen LogP contribution in [0.2, 0.25) is 0 Å². The van der Waals surface area contributed by atoms with E-state index in [9.17, 15) is 0 Å². The van der Waals surface area contributed by atoms with Gasteiger partial charge in [-0.3, -0.25) is 0 Å². The molecule has 3 aromatic rings. The number of nitrogens with one attached hydrogen (secondary N) is 2. The van der Waals surface area contributed by atoms with Gasteiger partial charge in [-0.15, -0.1) is 11.8 Å². The van der Waals surface area contributed by atoms with Crippen LogP contribution >= 0.6 is 11.8 Å². The molecule has 1 aliphatic rings. The van der Waals surface area contributed by atoms with Crippen LogP contribution in [0.1, 0.15) is 12.0 Å². The molecule has 3 nitrogen and oxygen atoms in total. The van der Waals surface area contributed by atoms with E-state index in [0.29, 0.717) is 0 Å². The van der Waals surface area contributed by atoms with Gasteiger partial charge in [0, 0.05) is 36.5 Å². The summed E-state index contributed by atoms with van der Waals surface area (Å²) >= 11 is 1.89. The molecule has 28 heavy (non-hydrogen) atoms. The van der Waals surface area contributed by atoms with Gasteiger partial charge in [-0.2, -0.15) is 0 Å². The maximum Gasteiger partial charge on any atom is 0.0797 e. The van der Waals surface area contributed by atoms with Gasteiger partial charge in [0.15, 0.2) is 0 Å². The molecule has 1 saturated heterocycles. The third kappa shape index (κ3) is 4.88. The molecule has 146 valence electrons. The Bertz CT molecular complexity index is 914. The molecule has 2 N–H and O–H groups in total. The number of hydrogen-bond donors (Lipinski definition) is 2. The van der Waals surface area contributed by atoms with Crippen molar-refractivity contribution in [1.29, 1.82) is 0 Å². The lowest BCUT2D eigenvalue weighted by atomic mass is 10.0. The van der Waals surface area contributed by atoms with E-state index >= 15 is 0 Å². The largest absolute Gasteiger partial charge is 0.388 e. The first-order chi connectivity index (χ1) is 13.8. The minimum atomic E-state index is 0.259. The van der Waals surface area contributed by atoms with Crippen molar-refractivity contribution < 1.29 is 4.74 Å². The molecule has 0 aromatic heterocycles. The van der Waals surface area contributed by atoms with Gasteiger partial charge in [0.1, 0.15) is 0 Å². The van der Waals surface area contributed by atoms with Crippen molar-refractivity contribution >= 4 is 28.2 Å². The average Bonchev–Trinajstić information content (AvgIpc) is 2.76. The van der Waals surface area contributed by atoms with Crippen molar-refractivity contribution in [2.45, 2.75) is 29.9 Å². The van der Waals surface area contributed by atoms with E-state index in [2.05, 4.69) is 77.4 Å². The van der Waals surface area contributed by atoms with Crippen molar-refractivity contribution in [1.82, 2.24) is 5.32 Å². The van der Waals surface area contributed by atoms with Crippen LogP contribution in [0.5, 0.6) is 0 Å². The van der Waals surface area contributed by atoms with E-state index in [-0.39, 0.29) is 12.2 Å². The molecule has 2 atom stereocenters. The van der Waals surface area contributed by atoms with Crippen LogP contribution in [0.25, 0.3) is 10.8 Å². The van der Waals surface area contributed by atoms with E-state index in [1.165, 1.54) is 26.9 Å². The monoisotopic (exact) mass is 392 g/mol. The average molecular weight is 393 g/mol. The van der Waals surface area contributed by atoms with Crippen molar-refractivity contribution in [3.05, 3.63) is 72.3 Å². The third-order valence-corrected chi connectivity index (χ3v) is 6.43.